The summed E-state index contributed by atoms with van der Waals surface area (Å²) < 4.78 is 1.72. The minimum absolute atomic E-state index is 0.0594. The highest BCUT2D eigenvalue weighted by atomic mass is 16.2. The molecule has 0 aromatic carbocycles. The van der Waals surface area contributed by atoms with Gasteiger partial charge in [-0.05, 0) is 32.8 Å². The molecule has 5 heteroatoms. The Balaban J connectivity index is 2.25. The van der Waals surface area contributed by atoms with Crippen molar-refractivity contribution in [1.29, 1.82) is 5.26 Å². The maximum absolute atomic E-state index is 12.6. The van der Waals surface area contributed by atoms with Crippen LogP contribution >= 0.6 is 0 Å². The van der Waals surface area contributed by atoms with Crippen molar-refractivity contribution < 1.29 is 4.79 Å². The molecule has 1 fully saturated rings. The zero-order chi connectivity index (χ0) is 13.8. The molecule has 0 aliphatic heterocycles. The number of aryl methyl sites for hydroxylation is 2. The number of amides is 1. The van der Waals surface area contributed by atoms with Crippen LogP contribution in [0.3, 0.4) is 0 Å². The summed E-state index contributed by atoms with van der Waals surface area (Å²) in [6.07, 6.45) is 4.30. The highest BCUT2D eigenvalue weighted by Crippen LogP contribution is 2.24. The Morgan fingerprint density at radius 1 is 1.58 bits per heavy atom. The van der Waals surface area contributed by atoms with Gasteiger partial charge < -0.3 is 4.90 Å². The third kappa shape index (κ3) is 2.78. The van der Waals surface area contributed by atoms with Gasteiger partial charge in [-0.25, -0.2) is 0 Å². The Bertz CT molecular complexity index is 494. The van der Waals surface area contributed by atoms with E-state index in [1.807, 2.05) is 19.9 Å². The minimum Gasteiger partial charge on any atom is -0.321 e. The summed E-state index contributed by atoms with van der Waals surface area (Å²) in [6, 6.07) is 4.14. The molecule has 1 aliphatic carbocycles. The first-order valence-electron chi connectivity index (χ1n) is 6.89. The Kier molecular flexibility index (Phi) is 4.20. The molecule has 102 valence electrons. The van der Waals surface area contributed by atoms with E-state index in [0.29, 0.717) is 12.2 Å². The lowest BCUT2D eigenvalue weighted by Crippen LogP contribution is -2.40. The average Bonchev–Trinajstić information content (AvgIpc) is 3.04. The van der Waals surface area contributed by atoms with Crippen LogP contribution in [0.15, 0.2) is 6.07 Å². The van der Waals surface area contributed by atoms with E-state index in [-0.39, 0.29) is 18.5 Å². The van der Waals surface area contributed by atoms with Gasteiger partial charge in [-0.2, -0.15) is 10.4 Å². The second kappa shape index (κ2) is 5.87. The smallest absolute Gasteiger partial charge is 0.273 e. The van der Waals surface area contributed by atoms with Crippen molar-refractivity contribution in [3.8, 4) is 6.07 Å². The standard InChI is InChI=1S/C14H20N4O/c1-3-18-13(10-11(2)16-18)14(19)17(9-8-15)12-6-4-5-7-12/h10,12H,3-7,9H2,1-2H3. The molecule has 19 heavy (non-hydrogen) atoms. The SMILES string of the molecule is CCn1nc(C)cc1C(=O)N(CC#N)C1CCCC1. The molecule has 0 radical (unpaired) electrons. The van der Waals surface area contributed by atoms with Gasteiger partial charge in [0, 0.05) is 12.6 Å². The third-order valence-corrected chi connectivity index (χ3v) is 3.69. The molecule has 0 N–H and O–H groups in total. The summed E-state index contributed by atoms with van der Waals surface area (Å²) in [5.41, 5.74) is 1.44. The molecule has 0 bridgehead atoms. The van der Waals surface area contributed by atoms with E-state index < -0.39 is 0 Å². The van der Waals surface area contributed by atoms with E-state index in [0.717, 1.165) is 31.4 Å². The van der Waals surface area contributed by atoms with Crippen molar-refractivity contribution in [3.05, 3.63) is 17.5 Å². The fourth-order valence-electron chi connectivity index (χ4n) is 2.76. The minimum atomic E-state index is -0.0594. The van der Waals surface area contributed by atoms with E-state index in [2.05, 4.69) is 11.2 Å². The normalized spacial score (nSPS) is 15.4. The largest absolute Gasteiger partial charge is 0.321 e. The Morgan fingerprint density at radius 3 is 2.84 bits per heavy atom. The summed E-state index contributed by atoms with van der Waals surface area (Å²) in [6.45, 7) is 4.68. The van der Waals surface area contributed by atoms with Crippen LogP contribution in [0.4, 0.5) is 0 Å². The van der Waals surface area contributed by atoms with Gasteiger partial charge in [0.25, 0.3) is 5.91 Å². The predicted molar refractivity (Wildman–Crippen MR) is 71.5 cm³/mol. The van der Waals surface area contributed by atoms with Crippen LogP contribution in [0.1, 0.15) is 48.8 Å². The summed E-state index contributed by atoms with van der Waals surface area (Å²) in [7, 11) is 0. The van der Waals surface area contributed by atoms with Crippen molar-refractivity contribution in [2.24, 2.45) is 0 Å². The van der Waals surface area contributed by atoms with Crippen LogP contribution in [-0.2, 0) is 6.54 Å². The van der Waals surface area contributed by atoms with E-state index in [9.17, 15) is 4.79 Å². The molecule has 1 heterocycles. The molecule has 0 atom stereocenters. The molecular weight excluding hydrogens is 240 g/mol. The topological polar surface area (TPSA) is 61.9 Å². The Morgan fingerprint density at radius 2 is 2.26 bits per heavy atom. The molecule has 0 saturated heterocycles. The van der Waals surface area contributed by atoms with Crippen LogP contribution in [0.25, 0.3) is 0 Å². The first kappa shape index (κ1) is 13.6. The average molecular weight is 260 g/mol. The van der Waals surface area contributed by atoms with Crippen LogP contribution in [-0.4, -0.2) is 33.2 Å². The number of hydrogen-bond acceptors (Lipinski definition) is 3. The Labute approximate surface area is 113 Å². The van der Waals surface area contributed by atoms with Gasteiger partial charge in [-0.15, -0.1) is 0 Å². The van der Waals surface area contributed by atoms with Gasteiger partial charge in [0.1, 0.15) is 12.2 Å². The summed E-state index contributed by atoms with van der Waals surface area (Å²) in [5, 5.41) is 13.3. The van der Waals surface area contributed by atoms with Gasteiger partial charge >= 0.3 is 0 Å². The lowest BCUT2D eigenvalue weighted by molar-refractivity contribution is 0.0696. The summed E-state index contributed by atoms with van der Waals surface area (Å²) in [5.74, 6) is -0.0594. The monoisotopic (exact) mass is 260 g/mol. The number of carbonyl (C=O) groups excluding carboxylic acids is 1. The first-order valence-corrected chi connectivity index (χ1v) is 6.89. The van der Waals surface area contributed by atoms with E-state index in [4.69, 9.17) is 5.26 Å². The van der Waals surface area contributed by atoms with Crippen LogP contribution in [0.5, 0.6) is 0 Å². The number of nitriles is 1. The third-order valence-electron chi connectivity index (χ3n) is 3.69. The maximum Gasteiger partial charge on any atom is 0.273 e. The number of aromatic nitrogens is 2. The van der Waals surface area contributed by atoms with Crippen molar-refractivity contribution >= 4 is 5.91 Å². The van der Waals surface area contributed by atoms with Crippen molar-refractivity contribution in [2.75, 3.05) is 6.54 Å². The van der Waals surface area contributed by atoms with Crippen molar-refractivity contribution in [3.63, 3.8) is 0 Å². The molecule has 0 unspecified atom stereocenters. The molecule has 0 spiro atoms. The molecule has 2 rings (SSSR count). The van der Waals surface area contributed by atoms with Gasteiger partial charge in [0.05, 0.1) is 11.8 Å². The van der Waals surface area contributed by atoms with Crippen LogP contribution in [0.2, 0.25) is 0 Å². The van der Waals surface area contributed by atoms with Crippen LogP contribution in [0, 0.1) is 18.3 Å². The Hall–Kier alpha value is -1.83. The highest BCUT2D eigenvalue weighted by molar-refractivity contribution is 5.93. The number of hydrogen-bond donors (Lipinski definition) is 0. The van der Waals surface area contributed by atoms with Gasteiger partial charge in [-0.1, -0.05) is 12.8 Å². The zero-order valence-electron chi connectivity index (χ0n) is 11.6. The fraction of sp³-hybridized carbons (Fsp3) is 0.643. The van der Waals surface area contributed by atoms with Gasteiger partial charge in [-0.3, -0.25) is 9.48 Å². The number of nitrogens with zero attached hydrogens (tertiary/aromatic N) is 4. The number of carbonyl (C=O) groups is 1. The second-order valence-electron chi connectivity index (χ2n) is 5.02. The fourth-order valence-corrected chi connectivity index (χ4v) is 2.76. The molecule has 1 amide bonds. The number of rotatable bonds is 4. The van der Waals surface area contributed by atoms with Crippen LogP contribution < -0.4 is 0 Å². The molecule has 1 aromatic rings. The lowest BCUT2D eigenvalue weighted by atomic mass is 10.2. The molecule has 1 aromatic heterocycles. The van der Waals surface area contributed by atoms with Crippen molar-refractivity contribution in [1.82, 2.24) is 14.7 Å². The van der Waals surface area contributed by atoms with E-state index in [1.165, 1.54) is 0 Å². The van der Waals surface area contributed by atoms with Crippen molar-refractivity contribution in [2.45, 2.75) is 52.1 Å². The molecule has 5 nitrogen and oxygen atoms in total. The van der Waals surface area contributed by atoms with Gasteiger partial charge in [0.2, 0.25) is 0 Å². The lowest BCUT2D eigenvalue weighted by Gasteiger charge is -2.26. The van der Waals surface area contributed by atoms with Gasteiger partial charge in [0.15, 0.2) is 0 Å². The molecule has 1 aliphatic rings. The maximum atomic E-state index is 12.6. The first-order chi connectivity index (χ1) is 9.17. The van der Waals surface area contributed by atoms with E-state index >= 15 is 0 Å². The predicted octanol–water partition coefficient (Wildman–Crippen LogP) is 2.12. The zero-order valence-corrected chi connectivity index (χ0v) is 11.6. The highest BCUT2D eigenvalue weighted by Gasteiger charge is 2.29. The molecular formula is C14H20N4O. The summed E-state index contributed by atoms with van der Waals surface area (Å²) >= 11 is 0. The van der Waals surface area contributed by atoms with E-state index in [1.54, 1.807) is 9.58 Å². The summed E-state index contributed by atoms with van der Waals surface area (Å²) in [4.78, 5) is 14.3. The second-order valence-corrected chi connectivity index (χ2v) is 5.02. The molecule has 1 saturated carbocycles. The quantitative estimate of drug-likeness (QED) is 0.779.